The van der Waals surface area contributed by atoms with Gasteiger partial charge in [-0.05, 0) is 48.0 Å². The van der Waals surface area contributed by atoms with E-state index >= 15 is 0 Å². The van der Waals surface area contributed by atoms with Crippen LogP contribution >= 0.6 is 0 Å². The van der Waals surface area contributed by atoms with Crippen LogP contribution in [-0.2, 0) is 0 Å². The van der Waals surface area contributed by atoms with Crippen molar-refractivity contribution in [2.75, 3.05) is 21.3 Å². The van der Waals surface area contributed by atoms with Crippen LogP contribution in [-0.4, -0.2) is 53.3 Å². The number of carbonyl (C=O) groups excluding carboxylic acids is 1. The Kier molecular flexibility index (Phi) is 6.18. The molecule has 1 aliphatic heterocycles. The van der Waals surface area contributed by atoms with Gasteiger partial charge in [0, 0.05) is 17.5 Å². The van der Waals surface area contributed by atoms with Gasteiger partial charge < -0.3 is 29.5 Å². The number of phenolic OH excluding ortho intramolecular Hbond substituents is 3. The normalized spacial score (nSPS) is 15.1. The Balaban J connectivity index is 1.76. The Morgan fingerprint density at radius 2 is 1.53 bits per heavy atom. The van der Waals surface area contributed by atoms with Crippen molar-refractivity contribution in [2.45, 2.75) is 12.5 Å². The molecule has 9 heteroatoms. The number of hydrogen-bond donors (Lipinski definition) is 3. The third kappa shape index (κ3) is 4.15. The molecule has 0 aromatic heterocycles. The first-order valence-corrected chi connectivity index (χ1v) is 10.4. The number of methoxy groups -OCH3 is 3. The second kappa shape index (κ2) is 9.22. The minimum absolute atomic E-state index is 0.0244. The Labute approximate surface area is 196 Å². The topological polar surface area (TPSA) is 121 Å². The van der Waals surface area contributed by atoms with Crippen LogP contribution in [0.3, 0.4) is 0 Å². The highest BCUT2D eigenvalue weighted by molar-refractivity contribution is 6.05. The average molecular weight is 464 g/mol. The highest BCUT2D eigenvalue weighted by Crippen LogP contribution is 2.39. The zero-order chi connectivity index (χ0) is 24.4. The van der Waals surface area contributed by atoms with Crippen molar-refractivity contribution in [1.29, 1.82) is 0 Å². The minimum atomic E-state index is -0.695. The van der Waals surface area contributed by atoms with Gasteiger partial charge in [0.25, 0.3) is 5.91 Å². The predicted octanol–water partition coefficient (Wildman–Crippen LogP) is 3.82. The van der Waals surface area contributed by atoms with Gasteiger partial charge in [0.15, 0.2) is 28.7 Å². The van der Waals surface area contributed by atoms with E-state index in [2.05, 4.69) is 5.10 Å². The Morgan fingerprint density at radius 3 is 2.12 bits per heavy atom. The van der Waals surface area contributed by atoms with Gasteiger partial charge in [-0.15, -0.1) is 0 Å². The fraction of sp³-hybridized carbons (Fsp3) is 0.200. The van der Waals surface area contributed by atoms with E-state index in [1.807, 2.05) is 18.2 Å². The summed E-state index contributed by atoms with van der Waals surface area (Å²) in [4.78, 5) is 13.4. The van der Waals surface area contributed by atoms with Crippen LogP contribution in [0.4, 0.5) is 0 Å². The molecule has 176 valence electrons. The lowest BCUT2D eigenvalue weighted by Crippen LogP contribution is -2.27. The van der Waals surface area contributed by atoms with E-state index < -0.39 is 29.2 Å². The Morgan fingerprint density at radius 1 is 0.882 bits per heavy atom. The molecule has 1 atom stereocenters. The molecule has 3 N–H and O–H groups in total. The predicted molar refractivity (Wildman–Crippen MR) is 124 cm³/mol. The van der Waals surface area contributed by atoms with Gasteiger partial charge in [-0.25, -0.2) is 5.01 Å². The van der Waals surface area contributed by atoms with E-state index in [-0.39, 0.29) is 5.56 Å². The smallest absolute Gasteiger partial charge is 0.274 e. The van der Waals surface area contributed by atoms with Crippen LogP contribution in [0.25, 0.3) is 0 Å². The van der Waals surface area contributed by atoms with Gasteiger partial charge >= 0.3 is 0 Å². The van der Waals surface area contributed by atoms with Crippen molar-refractivity contribution < 1.29 is 34.3 Å². The number of rotatable bonds is 6. The SMILES string of the molecule is COc1ccc(C2CC(c3ccc(OC)c(OC)c3)=NN2C(=O)c2cc(O)c(O)c(O)c2)cc1. The van der Waals surface area contributed by atoms with E-state index in [0.717, 1.165) is 23.3 Å². The standard InChI is InChI=1S/C25H24N2O7/c1-32-17-7-4-14(5-8-17)19-13-18(15-6-9-22(33-2)23(12-15)34-3)26-27(19)25(31)16-10-20(28)24(30)21(29)11-16/h4-12,19,28-30H,13H2,1-3H3. The highest BCUT2D eigenvalue weighted by atomic mass is 16.5. The van der Waals surface area contributed by atoms with Crippen LogP contribution < -0.4 is 14.2 Å². The molecule has 0 saturated heterocycles. The molecule has 1 amide bonds. The van der Waals surface area contributed by atoms with Crippen molar-refractivity contribution in [2.24, 2.45) is 5.10 Å². The molecule has 3 aromatic rings. The number of aromatic hydroxyl groups is 3. The summed E-state index contributed by atoms with van der Waals surface area (Å²) in [5.74, 6) is -0.684. The van der Waals surface area contributed by atoms with Crippen molar-refractivity contribution in [1.82, 2.24) is 5.01 Å². The molecule has 0 spiro atoms. The first-order valence-electron chi connectivity index (χ1n) is 10.4. The third-order valence-corrected chi connectivity index (χ3v) is 5.65. The molecule has 0 bridgehead atoms. The fourth-order valence-corrected chi connectivity index (χ4v) is 3.83. The number of carbonyl (C=O) groups is 1. The summed E-state index contributed by atoms with van der Waals surface area (Å²) in [5, 5.41) is 35.3. The number of ether oxygens (including phenoxy) is 3. The van der Waals surface area contributed by atoms with Gasteiger partial charge in [0.1, 0.15) is 5.75 Å². The Hall–Kier alpha value is -4.40. The maximum absolute atomic E-state index is 13.4. The molecule has 0 saturated carbocycles. The molecule has 0 fully saturated rings. The minimum Gasteiger partial charge on any atom is -0.504 e. The summed E-state index contributed by atoms with van der Waals surface area (Å²) in [5.41, 5.74) is 2.19. The van der Waals surface area contributed by atoms with E-state index in [9.17, 15) is 20.1 Å². The summed E-state index contributed by atoms with van der Waals surface area (Å²) < 4.78 is 15.9. The third-order valence-electron chi connectivity index (χ3n) is 5.65. The molecule has 9 nitrogen and oxygen atoms in total. The first kappa shape index (κ1) is 22.8. The summed E-state index contributed by atoms with van der Waals surface area (Å²) in [7, 11) is 4.66. The summed E-state index contributed by atoms with van der Waals surface area (Å²) in [6, 6.07) is 14.4. The highest BCUT2D eigenvalue weighted by Gasteiger charge is 2.34. The van der Waals surface area contributed by atoms with Crippen molar-refractivity contribution >= 4 is 11.6 Å². The molecular formula is C25H24N2O7. The van der Waals surface area contributed by atoms with Crippen LogP contribution in [0, 0.1) is 0 Å². The summed E-state index contributed by atoms with van der Waals surface area (Å²) in [6.45, 7) is 0. The van der Waals surface area contributed by atoms with Gasteiger partial charge in [-0.1, -0.05) is 12.1 Å². The zero-order valence-corrected chi connectivity index (χ0v) is 18.8. The largest absolute Gasteiger partial charge is 0.504 e. The number of hydrazone groups is 1. The fourth-order valence-electron chi connectivity index (χ4n) is 3.83. The molecule has 34 heavy (non-hydrogen) atoms. The molecule has 4 rings (SSSR count). The lowest BCUT2D eigenvalue weighted by molar-refractivity contribution is 0.0710. The Bertz CT molecular complexity index is 1230. The molecule has 1 unspecified atom stereocenters. The maximum Gasteiger partial charge on any atom is 0.274 e. The van der Waals surface area contributed by atoms with Crippen LogP contribution in [0.15, 0.2) is 59.7 Å². The number of hydrogen-bond acceptors (Lipinski definition) is 8. The second-order valence-corrected chi connectivity index (χ2v) is 7.62. The average Bonchev–Trinajstić information content (AvgIpc) is 3.31. The van der Waals surface area contributed by atoms with Crippen molar-refractivity contribution in [3.05, 3.63) is 71.3 Å². The lowest BCUT2D eigenvalue weighted by atomic mass is 9.97. The monoisotopic (exact) mass is 464 g/mol. The quantitative estimate of drug-likeness (QED) is 0.474. The maximum atomic E-state index is 13.4. The van der Waals surface area contributed by atoms with Gasteiger partial charge in [-0.2, -0.15) is 5.10 Å². The molecule has 0 radical (unpaired) electrons. The number of phenols is 3. The van der Waals surface area contributed by atoms with E-state index in [4.69, 9.17) is 14.2 Å². The molecule has 0 aliphatic carbocycles. The summed E-state index contributed by atoms with van der Waals surface area (Å²) in [6.07, 6.45) is 0.406. The van der Waals surface area contributed by atoms with E-state index in [1.54, 1.807) is 38.5 Å². The molecular weight excluding hydrogens is 440 g/mol. The van der Waals surface area contributed by atoms with Crippen LogP contribution in [0.1, 0.15) is 33.9 Å². The van der Waals surface area contributed by atoms with Crippen LogP contribution in [0.2, 0.25) is 0 Å². The summed E-state index contributed by atoms with van der Waals surface area (Å²) >= 11 is 0. The second-order valence-electron chi connectivity index (χ2n) is 7.62. The zero-order valence-electron chi connectivity index (χ0n) is 18.8. The molecule has 1 heterocycles. The van der Waals surface area contributed by atoms with Crippen molar-refractivity contribution in [3.8, 4) is 34.5 Å². The number of nitrogens with zero attached hydrogens (tertiary/aromatic N) is 2. The number of amides is 1. The first-order chi connectivity index (χ1) is 16.4. The van der Waals surface area contributed by atoms with Gasteiger partial charge in [0.05, 0.1) is 33.1 Å². The van der Waals surface area contributed by atoms with Gasteiger partial charge in [-0.3, -0.25) is 4.79 Å². The lowest BCUT2D eigenvalue weighted by Gasteiger charge is -2.22. The van der Waals surface area contributed by atoms with Crippen LogP contribution in [0.5, 0.6) is 34.5 Å². The van der Waals surface area contributed by atoms with Gasteiger partial charge in [0.2, 0.25) is 0 Å². The van der Waals surface area contributed by atoms with Crippen molar-refractivity contribution in [3.63, 3.8) is 0 Å². The number of benzene rings is 3. The van der Waals surface area contributed by atoms with E-state index in [0.29, 0.717) is 29.4 Å². The molecule has 1 aliphatic rings. The molecule has 3 aromatic carbocycles. The van der Waals surface area contributed by atoms with E-state index in [1.165, 1.54) is 12.1 Å².